The van der Waals surface area contributed by atoms with Gasteiger partial charge in [0.2, 0.25) is 0 Å². The standard InChI is InChI=1S/C25H33N5O4/c1-15(2)30-24-20(12-27-30)22(28-23-14-34-25-19(23)7-8-32-25)10-21(29-24)16-5-4-6-18(9-16)33-13-17(31)11-26-3/h4-6,9-10,12,15,17,19,23,25-26,31H,7-8,11,13-14H2,1-3H3,(H,28,29)/t17?,19-,23?,25+/m1/s1. The van der Waals surface area contributed by atoms with Crippen LogP contribution in [0.2, 0.25) is 0 Å². The maximum absolute atomic E-state index is 9.97. The summed E-state index contributed by atoms with van der Waals surface area (Å²) in [4.78, 5) is 4.98. The summed E-state index contributed by atoms with van der Waals surface area (Å²) in [6.07, 6.45) is 2.19. The maximum Gasteiger partial charge on any atom is 0.162 e. The minimum Gasteiger partial charge on any atom is -0.491 e. The normalized spacial score (nSPS) is 22.9. The Balaban J connectivity index is 1.47. The first-order chi connectivity index (χ1) is 16.5. The van der Waals surface area contributed by atoms with E-state index in [0.29, 0.717) is 24.8 Å². The average molecular weight is 468 g/mol. The Morgan fingerprint density at radius 1 is 1.26 bits per heavy atom. The molecule has 1 aromatic carbocycles. The van der Waals surface area contributed by atoms with Crippen molar-refractivity contribution in [3.8, 4) is 17.0 Å². The van der Waals surface area contributed by atoms with E-state index in [1.54, 1.807) is 7.05 Å². The molecule has 0 amide bonds. The first kappa shape index (κ1) is 23.0. The van der Waals surface area contributed by atoms with E-state index in [1.165, 1.54) is 0 Å². The van der Waals surface area contributed by atoms with Gasteiger partial charge in [0.25, 0.3) is 0 Å². The summed E-state index contributed by atoms with van der Waals surface area (Å²) in [5.41, 5.74) is 3.59. The summed E-state index contributed by atoms with van der Waals surface area (Å²) in [6, 6.07) is 10.2. The van der Waals surface area contributed by atoms with E-state index in [9.17, 15) is 5.11 Å². The Morgan fingerprint density at radius 2 is 2.15 bits per heavy atom. The van der Waals surface area contributed by atoms with Gasteiger partial charge in [-0.05, 0) is 45.5 Å². The van der Waals surface area contributed by atoms with Crippen molar-refractivity contribution in [1.29, 1.82) is 0 Å². The number of anilines is 1. The van der Waals surface area contributed by atoms with Gasteiger partial charge >= 0.3 is 0 Å². The molecular weight excluding hydrogens is 434 g/mol. The third kappa shape index (κ3) is 4.61. The minimum atomic E-state index is -0.573. The van der Waals surface area contributed by atoms with Crippen molar-refractivity contribution in [3.63, 3.8) is 0 Å². The van der Waals surface area contributed by atoms with Crippen LogP contribution in [0.5, 0.6) is 5.75 Å². The van der Waals surface area contributed by atoms with E-state index in [1.807, 2.05) is 35.1 Å². The zero-order chi connectivity index (χ0) is 23.7. The molecule has 9 nitrogen and oxygen atoms in total. The van der Waals surface area contributed by atoms with Crippen molar-refractivity contribution in [1.82, 2.24) is 20.1 Å². The molecule has 2 aromatic heterocycles. The van der Waals surface area contributed by atoms with Crippen molar-refractivity contribution in [2.24, 2.45) is 5.92 Å². The molecule has 2 aliphatic heterocycles. The highest BCUT2D eigenvalue weighted by molar-refractivity contribution is 5.92. The molecule has 182 valence electrons. The lowest BCUT2D eigenvalue weighted by Gasteiger charge is -2.19. The van der Waals surface area contributed by atoms with Gasteiger partial charge in [0.05, 0.1) is 36.5 Å². The number of nitrogens with zero attached hydrogens (tertiary/aromatic N) is 3. The van der Waals surface area contributed by atoms with Gasteiger partial charge in [-0.15, -0.1) is 0 Å². The quantitative estimate of drug-likeness (QED) is 0.442. The Labute approximate surface area is 199 Å². The van der Waals surface area contributed by atoms with Crippen molar-refractivity contribution >= 4 is 16.7 Å². The monoisotopic (exact) mass is 467 g/mol. The van der Waals surface area contributed by atoms with Crippen LogP contribution < -0.4 is 15.4 Å². The fourth-order valence-corrected chi connectivity index (χ4v) is 4.71. The third-order valence-electron chi connectivity index (χ3n) is 6.45. The van der Waals surface area contributed by atoms with E-state index >= 15 is 0 Å². The van der Waals surface area contributed by atoms with E-state index < -0.39 is 6.10 Å². The van der Waals surface area contributed by atoms with Crippen LogP contribution in [0.3, 0.4) is 0 Å². The molecule has 3 N–H and O–H groups in total. The van der Waals surface area contributed by atoms with E-state index in [0.717, 1.165) is 41.0 Å². The average Bonchev–Trinajstić information content (AvgIpc) is 3.55. The number of pyridine rings is 1. The minimum absolute atomic E-state index is 0.111. The number of hydrogen-bond acceptors (Lipinski definition) is 8. The molecule has 2 saturated heterocycles. The first-order valence-electron chi connectivity index (χ1n) is 12.0. The lowest BCUT2D eigenvalue weighted by molar-refractivity contribution is -0.0904. The van der Waals surface area contributed by atoms with Gasteiger partial charge in [-0.3, -0.25) is 0 Å². The Morgan fingerprint density at radius 3 is 2.97 bits per heavy atom. The number of benzene rings is 1. The zero-order valence-corrected chi connectivity index (χ0v) is 19.9. The first-order valence-corrected chi connectivity index (χ1v) is 12.0. The second kappa shape index (κ2) is 9.87. The van der Waals surface area contributed by atoms with Crippen molar-refractivity contribution in [3.05, 3.63) is 36.5 Å². The van der Waals surface area contributed by atoms with Gasteiger partial charge in [0.15, 0.2) is 11.9 Å². The number of aromatic nitrogens is 3. The van der Waals surface area contributed by atoms with Crippen LogP contribution in [-0.2, 0) is 9.47 Å². The molecule has 2 aliphatic rings. The van der Waals surface area contributed by atoms with Gasteiger partial charge in [-0.25, -0.2) is 9.67 Å². The molecule has 0 saturated carbocycles. The third-order valence-corrected chi connectivity index (χ3v) is 6.45. The Bertz CT molecular complexity index is 1130. The molecule has 0 radical (unpaired) electrons. The summed E-state index contributed by atoms with van der Waals surface area (Å²) in [5.74, 6) is 1.03. The lowest BCUT2D eigenvalue weighted by Crippen LogP contribution is -2.29. The number of ether oxygens (including phenoxy) is 3. The molecule has 9 heteroatoms. The van der Waals surface area contributed by atoms with Crippen LogP contribution in [0, 0.1) is 5.92 Å². The van der Waals surface area contributed by atoms with Gasteiger partial charge in [-0.2, -0.15) is 5.10 Å². The molecule has 2 unspecified atom stereocenters. The van der Waals surface area contributed by atoms with Crippen LogP contribution in [0.4, 0.5) is 5.69 Å². The van der Waals surface area contributed by atoms with Crippen LogP contribution in [0.25, 0.3) is 22.3 Å². The summed E-state index contributed by atoms with van der Waals surface area (Å²) < 4.78 is 19.3. The molecular formula is C25H33N5O4. The van der Waals surface area contributed by atoms with Gasteiger partial charge < -0.3 is 30.0 Å². The van der Waals surface area contributed by atoms with Crippen LogP contribution in [-0.4, -0.2) is 71.7 Å². The molecule has 4 heterocycles. The molecule has 0 aliphatic carbocycles. The molecule has 34 heavy (non-hydrogen) atoms. The number of aliphatic hydroxyl groups is 1. The second-order valence-corrected chi connectivity index (χ2v) is 9.30. The van der Waals surface area contributed by atoms with Gasteiger partial charge in [0, 0.05) is 29.8 Å². The zero-order valence-electron chi connectivity index (χ0n) is 19.9. The van der Waals surface area contributed by atoms with Crippen molar-refractivity contribution in [2.45, 2.75) is 44.7 Å². The number of aliphatic hydroxyl groups excluding tert-OH is 1. The highest BCUT2D eigenvalue weighted by atomic mass is 16.7. The van der Waals surface area contributed by atoms with E-state index in [4.69, 9.17) is 19.2 Å². The molecule has 2 fully saturated rings. The maximum atomic E-state index is 9.97. The largest absolute Gasteiger partial charge is 0.491 e. The number of hydrogen-bond donors (Lipinski definition) is 3. The van der Waals surface area contributed by atoms with Gasteiger partial charge in [-0.1, -0.05) is 12.1 Å². The SMILES string of the molecule is CNCC(O)COc1cccc(-c2cc(NC3CO[C@@H]4OCC[C@H]34)c3cnn(C(C)C)c3n2)c1. The number of rotatable bonds is 9. The molecule has 5 rings (SSSR count). The highest BCUT2D eigenvalue weighted by Crippen LogP contribution is 2.36. The topological polar surface area (TPSA) is 103 Å². The summed E-state index contributed by atoms with van der Waals surface area (Å²) in [7, 11) is 1.80. The van der Waals surface area contributed by atoms with Crippen LogP contribution in [0.1, 0.15) is 26.3 Å². The number of fused-ring (bicyclic) bond motifs is 2. The fourth-order valence-electron chi connectivity index (χ4n) is 4.71. The summed E-state index contributed by atoms with van der Waals surface area (Å²) in [6.45, 7) is 6.25. The van der Waals surface area contributed by atoms with Crippen LogP contribution in [0.15, 0.2) is 36.5 Å². The molecule has 3 aromatic rings. The number of nitrogens with one attached hydrogen (secondary N) is 2. The van der Waals surface area contributed by atoms with Gasteiger partial charge in [0.1, 0.15) is 18.5 Å². The molecule has 4 atom stereocenters. The predicted octanol–water partition coefficient (Wildman–Crippen LogP) is 2.81. The molecule has 0 bridgehead atoms. The van der Waals surface area contributed by atoms with Crippen LogP contribution >= 0.6 is 0 Å². The summed E-state index contributed by atoms with van der Waals surface area (Å²) >= 11 is 0. The Kier molecular flexibility index (Phi) is 6.69. The smallest absolute Gasteiger partial charge is 0.162 e. The summed E-state index contributed by atoms with van der Waals surface area (Å²) in [5, 5.41) is 22.2. The van der Waals surface area contributed by atoms with Crippen molar-refractivity contribution < 1.29 is 19.3 Å². The van der Waals surface area contributed by atoms with E-state index in [2.05, 4.69) is 35.6 Å². The highest BCUT2D eigenvalue weighted by Gasteiger charge is 2.41. The fraction of sp³-hybridized carbons (Fsp3) is 0.520. The second-order valence-electron chi connectivity index (χ2n) is 9.30. The predicted molar refractivity (Wildman–Crippen MR) is 130 cm³/mol. The molecule has 0 spiro atoms. The van der Waals surface area contributed by atoms with E-state index in [-0.39, 0.29) is 25.0 Å². The Hall–Kier alpha value is -2.72. The lowest BCUT2D eigenvalue weighted by atomic mass is 10.00. The van der Waals surface area contributed by atoms with Crippen molar-refractivity contribution in [2.75, 3.05) is 38.7 Å². The number of likely N-dealkylation sites (N-methyl/N-ethyl adjacent to an activating group) is 1.